The molecule has 0 radical (unpaired) electrons. The Morgan fingerprint density at radius 2 is 1.81 bits per heavy atom. The van der Waals surface area contributed by atoms with Crippen molar-refractivity contribution in [3.8, 4) is 5.75 Å². The van der Waals surface area contributed by atoms with Crippen LogP contribution in [0, 0.1) is 16.0 Å². The Kier molecular flexibility index (Phi) is 7.71. The van der Waals surface area contributed by atoms with Gasteiger partial charge in [0.1, 0.15) is 11.4 Å². The zero-order valence-electron chi connectivity index (χ0n) is 23.3. The van der Waals surface area contributed by atoms with Gasteiger partial charge in [0.2, 0.25) is 0 Å². The summed E-state index contributed by atoms with van der Waals surface area (Å²) in [7, 11) is -4.21. The Labute approximate surface area is 251 Å². The number of fused-ring (bicyclic) bond motifs is 2. The van der Waals surface area contributed by atoms with Crippen LogP contribution >= 0.6 is 11.9 Å². The van der Waals surface area contributed by atoms with Crippen LogP contribution in [-0.2, 0) is 20.2 Å². The largest absolute Gasteiger partial charge is 0.871 e. The number of hydroxylamine groups is 1. The van der Waals surface area contributed by atoms with Gasteiger partial charge in [0.25, 0.3) is 15.7 Å². The maximum atomic E-state index is 14.0. The number of phenolic OH excluding ortho intramolecular Hbond substituents is 1. The van der Waals surface area contributed by atoms with Crippen LogP contribution in [0.4, 0.5) is 17.1 Å². The van der Waals surface area contributed by atoms with Gasteiger partial charge in [-0.2, -0.15) is 4.40 Å². The Morgan fingerprint density at radius 3 is 2.47 bits per heavy atom. The van der Waals surface area contributed by atoms with Crippen LogP contribution < -0.4 is 14.9 Å². The molecule has 12 nitrogen and oxygen atoms in total. The molecule has 0 spiro atoms. The Hall–Kier alpha value is -4.40. The molecular formula is C29H27N4O8S2-. The lowest BCUT2D eigenvalue weighted by molar-refractivity contribution is -0.384. The number of aromatic hydroxyl groups is 1. The number of non-ortho nitro benzene ring substituents is 1. The maximum absolute atomic E-state index is 14.0. The molecule has 3 aromatic rings. The summed E-state index contributed by atoms with van der Waals surface area (Å²) < 4.78 is 32.3. The van der Waals surface area contributed by atoms with Crippen LogP contribution in [0.5, 0.6) is 5.75 Å². The molecule has 0 amide bonds. The Bertz CT molecular complexity index is 1820. The van der Waals surface area contributed by atoms with E-state index in [0.29, 0.717) is 34.9 Å². The fourth-order valence-electron chi connectivity index (χ4n) is 5.11. The van der Waals surface area contributed by atoms with Crippen molar-refractivity contribution in [2.24, 2.45) is 10.3 Å². The van der Waals surface area contributed by atoms with E-state index in [1.54, 1.807) is 31.2 Å². The zero-order valence-corrected chi connectivity index (χ0v) is 24.9. The van der Waals surface area contributed by atoms with E-state index >= 15 is 0 Å². The molecule has 0 saturated heterocycles. The molecule has 0 bridgehead atoms. The zero-order chi connectivity index (χ0) is 31.3. The van der Waals surface area contributed by atoms with Gasteiger partial charge < -0.3 is 10.2 Å². The third kappa shape index (κ3) is 5.32. The number of hydrogen-bond donors (Lipinski definition) is 3. The molecule has 3 aromatic carbocycles. The fraction of sp³-hybridized carbons (Fsp3) is 0.241. The minimum absolute atomic E-state index is 0.0817. The monoisotopic (exact) mass is 623 g/mol. The average molecular weight is 624 g/mol. The first kappa shape index (κ1) is 30.1. The summed E-state index contributed by atoms with van der Waals surface area (Å²) in [5, 5.41) is 47.1. The Balaban J connectivity index is 1.49. The molecular weight excluding hydrogens is 596 g/mol. The fourth-order valence-corrected chi connectivity index (χ4v) is 6.96. The number of benzene rings is 3. The van der Waals surface area contributed by atoms with Crippen LogP contribution in [0.15, 0.2) is 80.4 Å². The number of rotatable bonds is 8. The lowest BCUT2D eigenvalue weighted by atomic mass is 9.66. The second-order valence-electron chi connectivity index (χ2n) is 10.9. The second kappa shape index (κ2) is 11.0. The first-order chi connectivity index (χ1) is 20.2. The number of carbonyl (C=O) groups is 1. The summed E-state index contributed by atoms with van der Waals surface area (Å²) in [6, 6.07) is 13.5. The van der Waals surface area contributed by atoms with Gasteiger partial charge in [-0.05, 0) is 55.0 Å². The summed E-state index contributed by atoms with van der Waals surface area (Å²) in [6.07, 6.45) is 1.17. The van der Waals surface area contributed by atoms with Crippen LogP contribution in [0.1, 0.15) is 44.7 Å². The molecule has 5 rings (SSSR count). The molecule has 2 aliphatic rings. The van der Waals surface area contributed by atoms with Gasteiger partial charge in [-0.3, -0.25) is 24.8 Å². The normalized spacial score (nSPS) is 18.3. The number of hydrogen-bond acceptors (Lipinski definition) is 11. The number of nitrogens with one attached hydrogen (secondary N) is 1. The average Bonchev–Trinajstić information content (AvgIpc) is 2.96. The molecule has 1 atom stereocenters. The second-order valence-corrected chi connectivity index (χ2v) is 13.3. The van der Waals surface area contributed by atoms with Crippen molar-refractivity contribution in [2.45, 2.75) is 48.8 Å². The van der Waals surface area contributed by atoms with Crippen molar-refractivity contribution in [2.75, 3.05) is 9.79 Å². The van der Waals surface area contributed by atoms with E-state index in [9.17, 15) is 38.7 Å². The molecule has 43 heavy (non-hydrogen) atoms. The van der Waals surface area contributed by atoms with E-state index < -0.39 is 37.7 Å². The van der Waals surface area contributed by atoms with E-state index in [0.717, 1.165) is 42.3 Å². The molecule has 224 valence electrons. The summed E-state index contributed by atoms with van der Waals surface area (Å²) in [5.74, 6) is -1.69. The number of nitrogens with zero attached hydrogens (tertiary/aromatic N) is 3. The number of carbonyl (C=O) groups excluding carboxylic acids is 1. The van der Waals surface area contributed by atoms with Gasteiger partial charge in [0.15, 0.2) is 11.6 Å². The van der Waals surface area contributed by atoms with Gasteiger partial charge in [-0.15, -0.1) is 0 Å². The summed E-state index contributed by atoms with van der Waals surface area (Å²) in [6.45, 7) is 5.85. The maximum Gasteiger partial charge on any atom is 0.269 e. The van der Waals surface area contributed by atoms with E-state index in [2.05, 4.69) is 9.12 Å². The van der Waals surface area contributed by atoms with Crippen LogP contribution in [0.25, 0.3) is 5.76 Å². The molecule has 0 saturated carbocycles. The van der Waals surface area contributed by atoms with Gasteiger partial charge in [0, 0.05) is 30.1 Å². The number of nitro groups is 1. The highest BCUT2D eigenvalue weighted by Crippen LogP contribution is 2.48. The summed E-state index contributed by atoms with van der Waals surface area (Å²) in [5.41, 5.74) is -0.985. The number of anilines is 2. The highest BCUT2D eigenvalue weighted by Gasteiger charge is 2.45. The standard InChI is InChI=1S/C29H28N4O8S2/c1-16(2)12-13-29(3)21-7-5-4-6-20(21)26(35)24(27(29)36)28-30-42-23-15-17(14-22(34)25(23)32(28)37)31-43(40,41)19-10-8-18(9-11-19)33(38)39/h4-11,14-16,31,34-35,37H,12-13H2,1-3H3/p-1. The molecule has 14 heteroatoms. The van der Waals surface area contributed by atoms with Crippen molar-refractivity contribution >= 4 is 56.4 Å². The third-order valence-corrected chi connectivity index (χ3v) is 9.64. The van der Waals surface area contributed by atoms with Crippen LogP contribution in [0.3, 0.4) is 0 Å². The third-order valence-electron chi connectivity index (χ3n) is 7.47. The van der Waals surface area contributed by atoms with Crippen molar-refractivity contribution < 1.29 is 33.6 Å². The molecule has 1 heterocycles. The highest BCUT2D eigenvalue weighted by atomic mass is 32.2. The number of phenols is 1. The lowest BCUT2D eigenvalue weighted by Gasteiger charge is -2.41. The van der Waals surface area contributed by atoms with Crippen LogP contribution in [-0.4, -0.2) is 35.3 Å². The first-order valence-corrected chi connectivity index (χ1v) is 15.4. The number of nitro benzene ring substituents is 1. The molecule has 1 aliphatic heterocycles. The molecule has 0 aromatic heterocycles. The smallest absolute Gasteiger partial charge is 0.269 e. The summed E-state index contributed by atoms with van der Waals surface area (Å²) >= 11 is 0.745. The molecule has 1 unspecified atom stereocenters. The van der Waals surface area contributed by atoms with Gasteiger partial charge >= 0.3 is 0 Å². The van der Waals surface area contributed by atoms with Crippen molar-refractivity contribution in [1.82, 2.24) is 0 Å². The van der Waals surface area contributed by atoms with Gasteiger partial charge in [0.05, 0.1) is 31.4 Å². The van der Waals surface area contributed by atoms with Gasteiger partial charge in [-0.25, -0.2) is 13.5 Å². The number of amidine groups is 1. The molecule has 1 aliphatic carbocycles. The molecule has 0 fully saturated rings. The van der Waals surface area contributed by atoms with E-state index in [-0.39, 0.29) is 38.3 Å². The predicted octanol–water partition coefficient (Wildman–Crippen LogP) is 4.76. The van der Waals surface area contributed by atoms with Crippen molar-refractivity contribution in [3.05, 3.63) is 87.5 Å². The lowest BCUT2D eigenvalue weighted by Crippen LogP contribution is -2.45. The van der Waals surface area contributed by atoms with Gasteiger partial charge in [-0.1, -0.05) is 43.9 Å². The minimum atomic E-state index is -4.21. The van der Waals surface area contributed by atoms with Crippen molar-refractivity contribution in [1.29, 1.82) is 0 Å². The number of Topliss-reactive ketones (excluding diaryl/α,β-unsaturated/α-hetero) is 1. The van der Waals surface area contributed by atoms with E-state index in [1.165, 1.54) is 6.07 Å². The topological polar surface area (TPSA) is 186 Å². The number of ketones is 1. The quantitative estimate of drug-likeness (QED) is 0.179. The SMILES string of the molecule is CC(C)CCC1(C)C(=O)C(C2=NSc3cc(NS(=O)(=O)c4ccc([N+](=O)[O-])cc4)cc(O)c3N2O)=C([O-])c2ccccc21. The predicted molar refractivity (Wildman–Crippen MR) is 159 cm³/mol. The van der Waals surface area contributed by atoms with E-state index in [4.69, 9.17) is 0 Å². The van der Waals surface area contributed by atoms with Crippen molar-refractivity contribution in [3.63, 3.8) is 0 Å². The van der Waals surface area contributed by atoms with E-state index in [1.807, 2.05) is 13.8 Å². The highest BCUT2D eigenvalue weighted by molar-refractivity contribution is 7.98. The van der Waals surface area contributed by atoms with Crippen LogP contribution in [0.2, 0.25) is 0 Å². The molecule has 3 N–H and O–H groups in total. The first-order valence-electron chi connectivity index (χ1n) is 13.2. The number of sulfonamides is 1. The Morgan fingerprint density at radius 1 is 1.14 bits per heavy atom. The summed E-state index contributed by atoms with van der Waals surface area (Å²) in [4.78, 5) is 24.1. The minimum Gasteiger partial charge on any atom is -0.871 e.